The molecule has 0 bridgehead atoms. The summed E-state index contributed by atoms with van der Waals surface area (Å²) < 4.78 is 2.00. The Morgan fingerprint density at radius 2 is 2.00 bits per heavy atom. The number of benzene rings is 1. The molecular weight excluding hydrogens is 306 g/mol. The van der Waals surface area contributed by atoms with Crippen LogP contribution in [0.15, 0.2) is 58.8 Å². The van der Waals surface area contributed by atoms with Crippen LogP contribution >= 0.6 is 11.8 Å². The first-order valence-corrected chi connectivity index (χ1v) is 7.86. The Bertz CT molecular complexity index is 1080. The SMILES string of the molecule is Cc1cc2nnc(Sc3ncccc3C#N)n2c2ccccc12. The molecule has 0 atom stereocenters. The minimum Gasteiger partial charge on any atom is -0.270 e. The quantitative estimate of drug-likeness (QED) is 0.565. The second-order valence-corrected chi connectivity index (χ2v) is 6.05. The predicted octanol–water partition coefficient (Wildman–Crippen LogP) is 3.61. The minimum atomic E-state index is 0.533. The molecule has 4 aromatic rings. The number of nitrogens with zero attached hydrogens (tertiary/aromatic N) is 5. The smallest absolute Gasteiger partial charge is 0.202 e. The average molecular weight is 317 g/mol. The Hall–Kier alpha value is -2.91. The summed E-state index contributed by atoms with van der Waals surface area (Å²) >= 11 is 1.35. The molecule has 0 aliphatic heterocycles. The third-order valence-electron chi connectivity index (χ3n) is 3.65. The lowest BCUT2D eigenvalue weighted by Gasteiger charge is -2.07. The summed E-state index contributed by atoms with van der Waals surface area (Å²) in [5.74, 6) is 0. The van der Waals surface area contributed by atoms with E-state index >= 15 is 0 Å². The zero-order valence-electron chi connectivity index (χ0n) is 12.3. The molecule has 0 aliphatic rings. The second kappa shape index (κ2) is 5.38. The number of hydrogen-bond donors (Lipinski definition) is 0. The van der Waals surface area contributed by atoms with Crippen LogP contribution in [0.2, 0.25) is 0 Å². The van der Waals surface area contributed by atoms with Crippen molar-refractivity contribution >= 4 is 28.3 Å². The maximum absolute atomic E-state index is 9.22. The van der Waals surface area contributed by atoms with Gasteiger partial charge in [0.25, 0.3) is 0 Å². The molecule has 110 valence electrons. The predicted molar refractivity (Wildman–Crippen MR) is 88.3 cm³/mol. The molecule has 23 heavy (non-hydrogen) atoms. The molecule has 0 fully saturated rings. The molecule has 0 radical (unpaired) electrons. The molecule has 0 spiro atoms. The van der Waals surface area contributed by atoms with Crippen LogP contribution in [0.4, 0.5) is 0 Å². The van der Waals surface area contributed by atoms with E-state index in [0.717, 1.165) is 22.1 Å². The van der Waals surface area contributed by atoms with Crippen LogP contribution in [-0.2, 0) is 0 Å². The van der Waals surface area contributed by atoms with Crippen molar-refractivity contribution in [1.82, 2.24) is 19.6 Å². The lowest BCUT2D eigenvalue weighted by atomic mass is 10.1. The number of rotatable bonds is 2. The van der Waals surface area contributed by atoms with Gasteiger partial charge in [-0.1, -0.05) is 18.2 Å². The highest BCUT2D eigenvalue weighted by Crippen LogP contribution is 2.30. The van der Waals surface area contributed by atoms with Gasteiger partial charge in [0.05, 0.1) is 11.1 Å². The first kappa shape index (κ1) is 13.7. The summed E-state index contributed by atoms with van der Waals surface area (Å²) in [4.78, 5) is 4.29. The fourth-order valence-corrected chi connectivity index (χ4v) is 3.46. The van der Waals surface area contributed by atoms with E-state index in [0.29, 0.717) is 15.7 Å². The zero-order chi connectivity index (χ0) is 15.8. The molecule has 0 amide bonds. The molecule has 1 aromatic carbocycles. The van der Waals surface area contributed by atoms with Gasteiger partial charge in [-0.15, -0.1) is 10.2 Å². The number of fused-ring (bicyclic) bond motifs is 3. The van der Waals surface area contributed by atoms with E-state index in [9.17, 15) is 5.26 Å². The van der Waals surface area contributed by atoms with Gasteiger partial charge in [0, 0.05) is 11.6 Å². The Morgan fingerprint density at radius 1 is 1.13 bits per heavy atom. The van der Waals surface area contributed by atoms with Gasteiger partial charge in [-0.05, 0) is 48.5 Å². The van der Waals surface area contributed by atoms with Crippen LogP contribution in [0.1, 0.15) is 11.1 Å². The molecule has 3 heterocycles. The van der Waals surface area contributed by atoms with E-state index in [1.54, 1.807) is 18.3 Å². The van der Waals surface area contributed by atoms with E-state index < -0.39 is 0 Å². The summed E-state index contributed by atoms with van der Waals surface area (Å²) in [5.41, 5.74) is 3.53. The van der Waals surface area contributed by atoms with Gasteiger partial charge in [0.1, 0.15) is 11.1 Å². The number of pyridine rings is 2. The Balaban J connectivity index is 1.95. The number of para-hydroxylation sites is 1. The number of hydrogen-bond acceptors (Lipinski definition) is 5. The van der Waals surface area contributed by atoms with Crippen LogP contribution in [0.5, 0.6) is 0 Å². The fourth-order valence-electron chi connectivity index (χ4n) is 2.58. The van der Waals surface area contributed by atoms with Crippen LogP contribution in [0.25, 0.3) is 16.6 Å². The highest BCUT2D eigenvalue weighted by molar-refractivity contribution is 7.99. The Labute approximate surface area is 136 Å². The van der Waals surface area contributed by atoms with Gasteiger partial charge in [-0.25, -0.2) is 4.98 Å². The average Bonchev–Trinajstić information content (AvgIpc) is 2.98. The molecule has 0 saturated carbocycles. The van der Waals surface area contributed by atoms with Gasteiger partial charge >= 0.3 is 0 Å². The first-order valence-electron chi connectivity index (χ1n) is 7.04. The van der Waals surface area contributed by atoms with Crippen molar-refractivity contribution in [2.24, 2.45) is 0 Å². The molecular formula is C17H11N5S. The second-order valence-electron chi connectivity index (χ2n) is 5.09. The maximum Gasteiger partial charge on any atom is 0.202 e. The standard InChI is InChI=1S/C17H11N5S/c1-11-9-15-20-21-17(22(15)14-7-3-2-6-13(11)14)23-16-12(10-18)5-4-8-19-16/h2-9H,1H3. The zero-order valence-corrected chi connectivity index (χ0v) is 13.1. The third kappa shape index (κ3) is 2.22. The van der Waals surface area contributed by atoms with Crippen molar-refractivity contribution in [2.45, 2.75) is 17.1 Å². The van der Waals surface area contributed by atoms with Gasteiger partial charge < -0.3 is 0 Å². The van der Waals surface area contributed by atoms with Crippen LogP contribution < -0.4 is 0 Å². The topological polar surface area (TPSA) is 66.9 Å². The molecule has 0 N–H and O–H groups in total. The van der Waals surface area contributed by atoms with Gasteiger partial charge in [-0.2, -0.15) is 5.26 Å². The molecule has 6 heteroatoms. The number of aryl methyl sites for hydroxylation is 1. The largest absolute Gasteiger partial charge is 0.270 e. The maximum atomic E-state index is 9.22. The van der Waals surface area contributed by atoms with E-state index in [2.05, 4.69) is 34.2 Å². The van der Waals surface area contributed by atoms with Gasteiger partial charge in [0.15, 0.2) is 5.65 Å². The van der Waals surface area contributed by atoms with Crippen LogP contribution in [0, 0.1) is 18.3 Å². The molecule has 0 unspecified atom stereocenters. The van der Waals surface area contributed by atoms with Crippen molar-refractivity contribution in [1.29, 1.82) is 5.26 Å². The van der Waals surface area contributed by atoms with Crippen LogP contribution in [0.3, 0.4) is 0 Å². The highest BCUT2D eigenvalue weighted by Gasteiger charge is 2.14. The summed E-state index contributed by atoms with van der Waals surface area (Å²) in [7, 11) is 0. The molecule has 0 saturated heterocycles. The summed E-state index contributed by atoms with van der Waals surface area (Å²) in [6.07, 6.45) is 1.68. The van der Waals surface area contributed by atoms with Crippen molar-refractivity contribution in [3.8, 4) is 6.07 Å². The van der Waals surface area contributed by atoms with Gasteiger partial charge in [-0.3, -0.25) is 4.40 Å². The summed E-state index contributed by atoms with van der Waals surface area (Å²) in [6, 6.07) is 15.8. The van der Waals surface area contributed by atoms with E-state index in [4.69, 9.17) is 0 Å². The third-order valence-corrected chi connectivity index (χ3v) is 4.62. The lowest BCUT2D eigenvalue weighted by molar-refractivity contribution is 0.934. The molecule has 0 aliphatic carbocycles. The van der Waals surface area contributed by atoms with E-state index in [1.807, 2.05) is 28.7 Å². The summed E-state index contributed by atoms with van der Waals surface area (Å²) in [6.45, 7) is 2.07. The van der Waals surface area contributed by atoms with Crippen LogP contribution in [-0.4, -0.2) is 19.6 Å². The molecule has 3 aromatic heterocycles. The van der Waals surface area contributed by atoms with E-state index in [1.165, 1.54) is 11.8 Å². The first-order chi connectivity index (χ1) is 11.3. The molecule has 5 nitrogen and oxygen atoms in total. The monoisotopic (exact) mass is 317 g/mol. The van der Waals surface area contributed by atoms with Crippen molar-refractivity contribution in [3.63, 3.8) is 0 Å². The molecule has 4 rings (SSSR count). The van der Waals surface area contributed by atoms with Crippen molar-refractivity contribution < 1.29 is 0 Å². The van der Waals surface area contributed by atoms with E-state index in [-0.39, 0.29) is 0 Å². The Kier molecular flexibility index (Phi) is 3.21. The fraction of sp³-hybridized carbons (Fsp3) is 0.0588. The van der Waals surface area contributed by atoms with Crippen molar-refractivity contribution in [2.75, 3.05) is 0 Å². The Morgan fingerprint density at radius 3 is 2.87 bits per heavy atom. The van der Waals surface area contributed by atoms with Gasteiger partial charge in [0.2, 0.25) is 5.16 Å². The highest BCUT2D eigenvalue weighted by atomic mass is 32.2. The summed E-state index contributed by atoms with van der Waals surface area (Å²) in [5, 5.41) is 20.3. The lowest BCUT2D eigenvalue weighted by Crippen LogP contribution is -1.94. The van der Waals surface area contributed by atoms with Crippen molar-refractivity contribution in [3.05, 3.63) is 59.8 Å². The number of nitriles is 1. The normalized spacial score (nSPS) is 11.0. The number of aromatic nitrogens is 4. The minimum absolute atomic E-state index is 0.533.